The van der Waals surface area contributed by atoms with Gasteiger partial charge in [0.2, 0.25) is 5.91 Å². The fraction of sp³-hybridized carbons (Fsp3) is 0.444. The number of nitrogens with zero attached hydrogens (tertiary/aromatic N) is 1. The number of aromatic nitrogens is 1. The van der Waals surface area contributed by atoms with Crippen molar-refractivity contribution >= 4 is 39.6 Å². The number of carbonyl (C=O) groups excluding carboxylic acids is 1. The second-order valence-electron chi connectivity index (χ2n) is 3.74. The first-order chi connectivity index (χ1) is 6.84. The summed E-state index contributed by atoms with van der Waals surface area (Å²) in [7, 11) is 0. The van der Waals surface area contributed by atoms with Gasteiger partial charge in [0.15, 0.2) is 5.13 Å². The summed E-state index contributed by atoms with van der Waals surface area (Å²) < 4.78 is 0. The van der Waals surface area contributed by atoms with Crippen LogP contribution in [0, 0.1) is 12.3 Å². The van der Waals surface area contributed by atoms with Crippen molar-refractivity contribution in [2.45, 2.75) is 20.8 Å². The molecule has 0 aromatic carbocycles. The third-order valence-electron chi connectivity index (χ3n) is 2.02. The Bertz CT molecular complexity index is 398. The van der Waals surface area contributed by atoms with E-state index in [1.165, 1.54) is 11.3 Å². The minimum absolute atomic E-state index is 0.174. The number of hydrogen-bond donors (Lipinski definition) is 2. The van der Waals surface area contributed by atoms with Crippen molar-refractivity contribution in [1.82, 2.24) is 4.98 Å². The predicted octanol–water partition coefficient (Wildman–Crippen LogP) is 1.70. The van der Waals surface area contributed by atoms with Gasteiger partial charge in [0, 0.05) is 5.38 Å². The van der Waals surface area contributed by atoms with Crippen molar-refractivity contribution in [3.63, 3.8) is 0 Å². The third-order valence-corrected chi connectivity index (χ3v) is 3.41. The Morgan fingerprint density at radius 2 is 2.27 bits per heavy atom. The summed E-state index contributed by atoms with van der Waals surface area (Å²) >= 11 is 6.21. The highest BCUT2D eigenvalue weighted by Crippen LogP contribution is 2.21. The minimum atomic E-state index is -0.852. The molecule has 0 aliphatic carbocycles. The number of anilines is 1. The van der Waals surface area contributed by atoms with Gasteiger partial charge in [-0.1, -0.05) is 12.2 Å². The molecular weight excluding hydrogens is 230 g/mol. The third kappa shape index (κ3) is 2.73. The lowest BCUT2D eigenvalue weighted by molar-refractivity contribution is -0.121. The van der Waals surface area contributed by atoms with E-state index in [0.29, 0.717) is 5.13 Å². The Hall–Kier alpha value is -1.01. The van der Waals surface area contributed by atoms with Crippen LogP contribution in [-0.2, 0) is 4.79 Å². The molecule has 0 bridgehead atoms. The Morgan fingerprint density at radius 1 is 1.67 bits per heavy atom. The fourth-order valence-electron chi connectivity index (χ4n) is 0.777. The SMILES string of the molecule is Cc1csc(NC(=O)C(C)(C)C(N)=S)n1. The van der Waals surface area contributed by atoms with Crippen LogP contribution in [0.15, 0.2) is 5.38 Å². The average Bonchev–Trinajstić information content (AvgIpc) is 2.50. The van der Waals surface area contributed by atoms with E-state index in [-0.39, 0.29) is 10.9 Å². The van der Waals surface area contributed by atoms with Crippen LogP contribution in [0.2, 0.25) is 0 Å². The molecule has 1 rings (SSSR count). The average molecular weight is 243 g/mol. The molecule has 0 unspecified atom stereocenters. The van der Waals surface area contributed by atoms with Gasteiger partial charge in [0.25, 0.3) is 0 Å². The van der Waals surface area contributed by atoms with Crippen LogP contribution in [0.3, 0.4) is 0 Å². The number of amides is 1. The number of nitrogens with one attached hydrogen (secondary N) is 1. The molecule has 1 amide bonds. The van der Waals surface area contributed by atoms with Crippen LogP contribution in [0.4, 0.5) is 5.13 Å². The van der Waals surface area contributed by atoms with Gasteiger partial charge < -0.3 is 11.1 Å². The number of nitrogens with two attached hydrogens (primary N) is 1. The highest BCUT2D eigenvalue weighted by Gasteiger charge is 2.31. The van der Waals surface area contributed by atoms with Gasteiger partial charge in [-0.25, -0.2) is 4.98 Å². The van der Waals surface area contributed by atoms with Gasteiger partial charge in [-0.2, -0.15) is 0 Å². The number of rotatable bonds is 3. The van der Waals surface area contributed by atoms with Gasteiger partial charge in [-0.15, -0.1) is 11.3 Å². The lowest BCUT2D eigenvalue weighted by atomic mass is 9.92. The Kier molecular flexibility index (Phi) is 3.41. The number of hydrogen-bond acceptors (Lipinski definition) is 4. The first kappa shape index (κ1) is 12.1. The molecule has 15 heavy (non-hydrogen) atoms. The van der Waals surface area contributed by atoms with Gasteiger partial charge in [0.1, 0.15) is 0 Å². The number of carbonyl (C=O) groups is 1. The summed E-state index contributed by atoms with van der Waals surface area (Å²) in [5.74, 6) is -0.232. The van der Waals surface area contributed by atoms with Crippen LogP contribution in [-0.4, -0.2) is 15.9 Å². The van der Waals surface area contributed by atoms with E-state index in [1.54, 1.807) is 13.8 Å². The van der Waals surface area contributed by atoms with E-state index in [2.05, 4.69) is 10.3 Å². The van der Waals surface area contributed by atoms with Crippen LogP contribution in [0.25, 0.3) is 0 Å². The van der Waals surface area contributed by atoms with Gasteiger partial charge in [-0.05, 0) is 20.8 Å². The summed E-state index contributed by atoms with van der Waals surface area (Å²) in [6.45, 7) is 5.24. The summed E-state index contributed by atoms with van der Waals surface area (Å²) in [4.78, 5) is 16.1. The second-order valence-corrected chi connectivity index (χ2v) is 5.04. The summed E-state index contributed by atoms with van der Waals surface area (Å²) in [6.07, 6.45) is 0. The van der Waals surface area contributed by atoms with Crippen LogP contribution < -0.4 is 11.1 Å². The molecule has 1 aromatic rings. The number of aryl methyl sites for hydroxylation is 1. The van der Waals surface area contributed by atoms with Gasteiger partial charge in [-0.3, -0.25) is 4.79 Å². The van der Waals surface area contributed by atoms with E-state index in [1.807, 2.05) is 12.3 Å². The van der Waals surface area contributed by atoms with Gasteiger partial charge in [0.05, 0.1) is 16.1 Å². The predicted molar refractivity (Wildman–Crippen MR) is 66.0 cm³/mol. The van der Waals surface area contributed by atoms with Crippen molar-refractivity contribution in [1.29, 1.82) is 0 Å². The lowest BCUT2D eigenvalue weighted by Gasteiger charge is -2.20. The van der Waals surface area contributed by atoms with E-state index < -0.39 is 5.41 Å². The normalized spacial score (nSPS) is 11.1. The molecule has 4 nitrogen and oxygen atoms in total. The molecule has 0 atom stereocenters. The van der Waals surface area contributed by atoms with E-state index >= 15 is 0 Å². The standard InChI is InChI=1S/C9H13N3OS2/c1-5-4-15-8(11-5)12-7(13)9(2,3)6(10)14/h4H,1-3H3,(H2,10,14)(H,11,12,13). The number of thiocarbonyl (C=S) groups is 1. The minimum Gasteiger partial charge on any atom is -0.392 e. The van der Waals surface area contributed by atoms with Crippen LogP contribution in [0.1, 0.15) is 19.5 Å². The zero-order valence-corrected chi connectivity index (χ0v) is 10.5. The highest BCUT2D eigenvalue weighted by molar-refractivity contribution is 7.80. The quantitative estimate of drug-likeness (QED) is 0.793. The fourth-order valence-corrected chi connectivity index (χ4v) is 1.55. The molecule has 1 aromatic heterocycles. The Balaban J connectivity index is 2.76. The molecule has 6 heteroatoms. The molecule has 3 N–H and O–H groups in total. The molecular formula is C9H13N3OS2. The highest BCUT2D eigenvalue weighted by atomic mass is 32.1. The van der Waals surface area contributed by atoms with E-state index in [9.17, 15) is 4.79 Å². The van der Waals surface area contributed by atoms with Crippen molar-refractivity contribution in [3.8, 4) is 0 Å². The van der Waals surface area contributed by atoms with E-state index in [4.69, 9.17) is 18.0 Å². The van der Waals surface area contributed by atoms with Crippen molar-refractivity contribution in [3.05, 3.63) is 11.1 Å². The summed E-state index contributed by atoms with van der Waals surface area (Å²) in [5.41, 5.74) is 5.51. The first-order valence-corrected chi connectivity index (χ1v) is 5.66. The van der Waals surface area contributed by atoms with Crippen LogP contribution >= 0.6 is 23.6 Å². The van der Waals surface area contributed by atoms with Crippen molar-refractivity contribution in [2.75, 3.05) is 5.32 Å². The molecule has 0 saturated carbocycles. The topological polar surface area (TPSA) is 68.0 Å². The maximum Gasteiger partial charge on any atom is 0.238 e. The second kappa shape index (κ2) is 4.24. The zero-order chi connectivity index (χ0) is 11.6. The van der Waals surface area contributed by atoms with Crippen molar-refractivity contribution in [2.24, 2.45) is 11.1 Å². The molecule has 0 radical (unpaired) electrons. The summed E-state index contributed by atoms with van der Waals surface area (Å²) in [6, 6.07) is 0. The lowest BCUT2D eigenvalue weighted by Crippen LogP contribution is -2.41. The maximum atomic E-state index is 11.8. The largest absolute Gasteiger partial charge is 0.392 e. The number of thiazole rings is 1. The smallest absolute Gasteiger partial charge is 0.238 e. The van der Waals surface area contributed by atoms with E-state index in [0.717, 1.165) is 5.69 Å². The first-order valence-electron chi connectivity index (χ1n) is 4.37. The maximum absolute atomic E-state index is 11.8. The van der Waals surface area contributed by atoms with Crippen LogP contribution in [0.5, 0.6) is 0 Å². The molecule has 82 valence electrons. The molecule has 0 fully saturated rings. The zero-order valence-electron chi connectivity index (χ0n) is 8.83. The molecule has 0 aliphatic rings. The molecule has 0 spiro atoms. The molecule has 1 heterocycles. The Labute approximate surface area is 97.9 Å². The summed E-state index contributed by atoms with van der Waals surface area (Å²) in [5, 5.41) is 5.12. The molecule has 0 saturated heterocycles. The monoisotopic (exact) mass is 243 g/mol. The van der Waals surface area contributed by atoms with Crippen molar-refractivity contribution < 1.29 is 4.79 Å². The van der Waals surface area contributed by atoms with Gasteiger partial charge >= 0.3 is 0 Å². The molecule has 0 aliphatic heterocycles. The Morgan fingerprint density at radius 3 is 2.67 bits per heavy atom.